The molecule has 0 saturated heterocycles. The number of benzene rings is 2. The van der Waals surface area contributed by atoms with Crippen molar-refractivity contribution < 1.29 is 0 Å². The molecule has 0 bridgehead atoms. The van der Waals surface area contributed by atoms with Gasteiger partial charge in [-0.3, -0.25) is 9.88 Å². The molecule has 0 unspecified atom stereocenters. The number of hydrogen-bond acceptors (Lipinski definition) is 2. The third-order valence-electron chi connectivity index (χ3n) is 4.92. The van der Waals surface area contributed by atoms with E-state index in [1.807, 2.05) is 24.3 Å². The largest absolute Gasteiger partial charge is 0.298 e. The van der Waals surface area contributed by atoms with Crippen molar-refractivity contribution in [2.24, 2.45) is 0 Å². The van der Waals surface area contributed by atoms with Crippen molar-refractivity contribution in [2.75, 3.05) is 13.1 Å². The first-order valence-electron chi connectivity index (χ1n) is 9.37. The number of hydrogen-bond donors (Lipinski definition) is 0. The lowest BCUT2D eigenvalue weighted by Gasteiger charge is -2.21. The minimum atomic E-state index is 0.627. The average Bonchev–Trinajstić information content (AvgIpc) is 2.68. The molecule has 3 rings (SSSR count). The molecule has 2 aromatic carbocycles. The Morgan fingerprint density at radius 1 is 0.929 bits per heavy atom. The molecule has 5 heteroatoms. The highest BCUT2D eigenvalue weighted by molar-refractivity contribution is 9.10. The van der Waals surface area contributed by atoms with E-state index in [-0.39, 0.29) is 0 Å². The lowest BCUT2D eigenvalue weighted by molar-refractivity contribution is 0.292. The van der Waals surface area contributed by atoms with E-state index >= 15 is 0 Å². The minimum absolute atomic E-state index is 0.627. The smallest absolute Gasteiger partial charge is 0.0784 e. The fraction of sp³-hybridized carbons (Fsp3) is 0.261. The molecule has 0 atom stereocenters. The van der Waals surface area contributed by atoms with Gasteiger partial charge in [0.05, 0.1) is 11.4 Å². The fourth-order valence-electron chi connectivity index (χ4n) is 3.21. The number of pyridine rings is 1. The predicted octanol–water partition coefficient (Wildman–Crippen LogP) is 7.64. The SMILES string of the molecule is CCN(CC)Cc1nc(-c2ccc(Br)cc2)c(-c2ccc(Cl)cc2Cl)cc1C. The van der Waals surface area contributed by atoms with E-state index in [1.54, 1.807) is 6.07 Å². The molecule has 0 saturated carbocycles. The van der Waals surface area contributed by atoms with Crippen LogP contribution in [0.25, 0.3) is 22.4 Å². The first-order chi connectivity index (χ1) is 13.4. The van der Waals surface area contributed by atoms with Crippen LogP contribution < -0.4 is 0 Å². The Labute approximate surface area is 185 Å². The topological polar surface area (TPSA) is 16.1 Å². The summed E-state index contributed by atoms with van der Waals surface area (Å²) in [6, 6.07) is 16.0. The van der Waals surface area contributed by atoms with E-state index in [0.29, 0.717) is 10.0 Å². The quantitative estimate of drug-likeness (QED) is 0.362. The summed E-state index contributed by atoms with van der Waals surface area (Å²) in [6.45, 7) is 9.29. The molecule has 2 nitrogen and oxygen atoms in total. The second-order valence-corrected chi connectivity index (χ2v) is 8.50. The summed E-state index contributed by atoms with van der Waals surface area (Å²) in [5.41, 5.74) is 6.21. The van der Waals surface area contributed by atoms with Crippen LogP contribution in [0.4, 0.5) is 0 Å². The van der Waals surface area contributed by atoms with Crippen molar-refractivity contribution in [3.8, 4) is 22.4 Å². The second-order valence-electron chi connectivity index (χ2n) is 6.74. The fourth-order valence-corrected chi connectivity index (χ4v) is 3.99. The molecule has 3 aromatic rings. The van der Waals surface area contributed by atoms with Gasteiger partial charge in [-0.1, -0.05) is 71.2 Å². The monoisotopic (exact) mass is 476 g/mol. The summed E-state index contributed by atoms with van der Waals surface area (Å²) in [4.78, 5) is 7.47. The number of nitrogens with zero attached hydrogens (tertiary/aromatic N) is 2. The van der Waals surface area contributed by atoms with Crippen LogP contribution in [0.5, 0.6) is 0 Å². The minimum Gasteiger partial charge on any atom is -0.298 e. The van der Waals surface area contributed by atoms with Gasteiger partial charge in [-0.2, -0.15) is 0 Å². The number of halogens is 3. The number of aryl methyl sites for hydroxylation is 1. The summed E-state index contributed by atoms with van der Waals surface area (Å²) in [7, 11) is 0. The van der Waals surface area contributed by atoms with E-state index in [2.05, 4.69) is 59.8 Å². The molecule has 28 heavy (non-hydrogen) atoms. The third kappa shape index (κ3) is 4.77. The molecule has 146 valence electrons. The first kappa shape index (κ1) is 21.3. The summed E-state index contributed by atoms with van der Waals surface area (Å²) in [5.74, 6) is 0. The normalized spacial score (nSPS) is 11.2. The van der Waals surface area contributed by atoms with Gasteiger partial charge in [-0.25, -0.2) is 0 Å². The maximum atomic E-state index is 6.54. The van der Waals surface area contributed by atoms with Crippen LogP contribution >= 0.6 is 39.1 Å². The van der Waals surface area contributed by atoms with Gasteiger partial charge in [0.15, 0.2) is 0 Å². The van der Waals surface area contributed by atoms with Crippen molar-refractivity contribution in [3.05, 3.63) is 74.3 Å². The zero-order valence-corrected chi connectivity index (χ0v) is 19.4. The Hall–Kier alpha value is -1.39. The molecule has 0 N–H and O–H groups in total. The number of rotatable bonds is 6. The van der Waals surface area contributed by atoms with Gasteiger partial charge < -0.3 is 0 Å². The van der Waals surface area contributed by atoms with E-state index in [4.69, 9.17) is 28.2 Å². The van der Waals surface area contributed by atoms with Crippen molar-refractivity contribution >= 4 is 39.1 Å². The predicted molar refractivity (Wildman–Crippen MR) is 124 cm³/mol. The van der Waals surface area contributed by atoms with Gasteiger partial charge in [0.2, 0.25) is 0 Å². The molecule has 0 fully saturated rings. The van der Waals surface area contributed by atoms with E-state index in [9.17, 15) is 0 Å². The lowest BCUT2D eigenvalue weighted by Crippen LogP contribution is -2.23. The maximum Gasteiger partial charge on any atom is 0.0784 e. The zero-order chi connectivity index (χ0) is 20.3. The Morgan fingerprint density at radius 2 is 1.61 bits per heavy atom. The van der Waals surface area contributed by atoms with Crippen molar-refractivity contribution in [1.82, 2.24) is 9.88 Å². The number of aromatic nitrogens is 1. The molecule has 0 spiro atoms. The van der Waals surface area contributed by atoms with Gasteiger partial charge in [0.1, 0.15) is 0 Å². The van der Waals surface area contributed by atoms with E-state index in [0.717, 1.165) is 57.7 Å². The van der Waals surface area contributed by atoms with Crippen LogP contribution in [-0.4, -0.2) is 23.0 Å². The third-order valence-corrected chi connectivity index (χ3v) is 6.00. The average molecular weight is 478 g/mol. The molecule has 1 heterocycles. The van der Waals surface area contributed by atoms with Crippen LogP contribution in [0, 0.1) is 6.92 Å². The molecule has 0 radical (unpaired) electrons. The summed E-state index contributed by atoms with van der Waals surface area (Å²) in [6.07, 6.45) is 0. The van der Waals surface area contributed by atoms with Crippen LogP contribution in [0.1, 0.15) is 25.1 Å². The van der Waals surface area contributed by atoms with Crippen LogP contribution in [0.2, 0.25) is 10.0 Å². The molecular weight excluding hydrogens is 455 g/mol. The second kappa shape index (κ2) is 9.41. The molecule has 1 aromatic heterocycles. The maximum absolute atomic E-state index is 6.54. The zero-order valence-electron chi connectivity index (χ0n) is 16.3. The molecular formula is C23H23BrCl2N2. The van der Waals surface area contributed by atoms with E-state index in [1.165, 1.54) is 0 Å². The van der Waals surface area contributed by atoms with Gasteiger partial charge >= 0.3 is 0 Å². The van der Waals surface area contributed by atoms with Gasteiger partial charge in [-0.05, 0) is 55.9 Å². The summed E-state index contributed by atoms with van der Waals surface area (Å²) < 4.78 is 1.04. The highest BCUT2D eigenvalue weighted by Gasteiger charge is 2.16. The molecule has 0 aliphatic rings. The van der Waals surface area contributed by atoms with Gasteiger partial charge in [0.25, 0.3) is 0 Å². The van der Waals surface area contributed by atoms with Crippen LogP contribution in [-0.2, 0) is 6.54 Å². The van der Waals surface area contributed by atoms with Gasteiger partial charge in [-0.15, -0.1) is 0 Å². The Kier molecular flexibility index (Phi) is 7.16. The lowest BCUT2D eigenvalue weighted by atomic mass is 9.96. The Balaban J connectivity index is 2.20. The Morgan fingerprint density at radius 3 is 2.21 bits per heavy atom. The van der Waals surface area contributed by atoms with Gasteiger partial charge in [0, 0.05) is 37.8 Å². The molecule has 0 aliphatic carbocycles. The van der Waals surface area contributed by atoms with Crippen LogP contribution in [0.3, 0.4) is 0 Å². The van der Waals surface area contributed by atoms with E-state index < -0.39 is 0 Å². The van der Waals surface area contributed by atoms with Crippen molar-refractivity contribution in [3.63, 3.8) is 0 Å². The molecule has 0 aliphatic heterocycles. The molecule has 0 amide bonds. The van der Waals surface area contributed by atoms with Crippen LogP contribution in [0.15, 0.2) is 53.0 Å². The highest BCUT2D eigenvalue weighted by Crippen LogP contribution is 2.37. The van der Waals surface area contributed by atoms with Crippen molar-refractivity contribution in [1.29, 1.82) is 0 Å². The highest BCUT2D eigenvalue weighted by atomic mass is 79.9. The summed E-state index contributed by atoms with van der Waals surface area (Å²) >= 11 is 16.2. The Bertz CT molecular complexity index is 967. The standard InChI is InChI=1S/C23H23BrCl2N2/c1-4-28(5-2)14-22-15(3)12-20(19-11-10-18(25)13-21(19)26)23(27-22)16-6-8-17(24)9-7-16/h6-13H,4-5,14H2,1-3H3. The van der Waals surface area contributed by atoms with Crippen molar-refractivity contribution in [2.45, 2.75) is 27.3 Å². The first-order valence-corrected chi connectivity index (χ1v) is 10.9. The summed E-state index contributed by atoms with van der Waals surface area (Å²) in [5, 5.41) is 1.25.